The van der Waals surface area contributed by atoms with E-state index in [2.05, 4.69) is 0 Å². The molecule has 0 amide bonds. The van der Waals surface area contributed by atoms with Crippen LogP contribution in [0, 0.1) is 0 Å². The number of benzene rings is 2. The molecule has 0 bridgehead atoms. The van der Waals surface area contributed by atoms with Crippen LogP contribution in [0.2, 0.25) is 5.02 Å². The van der Waals surface area contributed by atoms with Crippen molar-refractivity contribution < 1.29 is 4.74 Å². The van der Waals surface area contributed by atoms with Gasteiger partial charge in [-0.3, -0.25) is 9.36 Å². The molecule has 1 heterocycles. The maximum atomic E-state index is 12.2. The monoisotopic (exact) mass is 311 g/mol. The van der Waals surface area contributed by atoms with Crippen LogP contribution in [0.4, 0.5) is 0 Å². The summed E-state index contributed by atoms with van der Waals surface area (Å²) in [6.45, 7) is 0. The summed E-state index contributed by atoms with van der Waals surface area (Å²) < 4.78 is 6.81. The molecule has 0 atom stereocenters. The van der Waals surface area contributed by atoms with Gasteiger partial charge >= 0.3 is 0 Å². The third-order valence-corrected chi connectivity index (χ3v) is 3.64. The Morgan fingerprint density at radius 1 is 0.955 bits per heavy atom. The molecule has 0 N–H and O–H groups in total. The van der Waals surface area contributed by atoms with Gasteiger partial charge in [0, 0.05) is 23.4 Å². The average Bonchev–Trinajstić information content (AvgIpc) is 2.55. The molecule has 3 rings (SSSR count). The van der Waals surface area contributed by atoms with Gasteiger partial charge in [-0.05, 0) is 41.5 Å². The molecule has 0 aliphatic heterocycles. The van der Waals surface area contributed by atoms with Gasteiger partial charge in [-0.15, -0.1) is 0 Å². The third-order valence-electron chi connectivity index (χ3n) is 3.40. The molecule has 0 spiro atoms. The topological polar surface area (TPSA) is 31.2 Å². The van der Waals surface area contributed by atoms with Gasteiger partial charge in [0.25, 0.3) is 5.56 Å². The molecule has 0 aliphatic rings. The summed E-state index contributed by atoms with van der Waals surface area (Å²) >= 11 is 6.04. The van der Waals surface area contributed by atoms with E-state index in [1.165, 1.54) is 0 Å². The molecule has 0 aliphatic carbocycles. The molecule has 0 fully saturated rings. The van der Waals surface area contributed by atoms with Crippen LogP contribution >= 0.6 is 11.6 Å². The number of pyridine rings is 1. The van der Waals surface area contributed by atoms with E-state index in [0.717, 1.165) is 16.8 Å². The Morgan fingerprint density at radius 3 is 2.55 bits per heavy atom. The normalized spacial score (nSPS) is 10.5. The molecule has 4 heteroatoms. The minimum Gasteiger partial charge on any atom is -0.497 e. The van der Waals surface area contributed by atoms with E-state index >= 15 is 0 Å². The fraction of sp³-hybridized carbons (Fsp3) is 0.0556. The summed E-state index contributed by atoms with van der Waals surface area (Å²) in [5.41, 5.74) is 2.54. The van der Waals surface area contributed by atoms with Crippen molar-refractivity contribution in [3.05, 3.63) is 82.2 Å². The van der Waals surface area contributed by atoms with Crippen molar-refractivity contribution >= 4 is 11.6 Å². The second-order valence-electron chi connectivity index (χ2n) is 4.84. The Labute approximate surface area is 133 Å². The zero-order chi connectivity index (χ0) is 15.5. The summed E-state index contributed by atoms with van der Waals surface area (Å²) in [4.78, 5) is 12.2. The van der Waals surface area contributed by atoms with Crippen LogP contribution in [0.1, 0.15) is 0 Å². The number of rotatable bonds is 3. The Balaban J connectivity index is 2.12. The summed E-state index contributed by atoms with van der Waals surface area (Å²) in [6, 6.07) is 18.3. The van der Waals surface area contributed by atoms with Gasteiger partial charge in [-0.25, -0.2) is 0 Å². The van der Waals surface area contributed by atoms with Gasteiger partial charge in [0.1, 0.15) is 5.75 Å². The van der Waals surface area contributed by atoms with Crippen LogP contribution in [0.25, 0.3) is 16.8 Å². The van der Waals surface area contributed by atoms with Crippen molar-refractivity contribution in [1.29, 1.82) is 0 Å². The van der Waals surface area contributed by atoms with Gasteiger partial charge in [-0.2, -0.15) is 0 Å². The lowest BCUT2D eigenvalue weighted by molar-refractivity contribution is 0.414. The van der Waals surface area contributed by atoms with Crippen LogP contribution in [0.3, 0.4) is 0 Å². The van der Waals surface area contributed by atoms with Crippen LogP contribution in [-0.2, 0) is 0 Å². The Hall–Kier alpha value is -2.52. The van der Waals surface area contributed by atoms with Crippen molar-refractivity contribution in [3.8, 4) is 22.6 Å². The van der Waals surface area contributed by atoms with Gasteiger partial charge < -0.3 is 4.74 Å². The molecule has 110 valence electrons. The van der Waals surface area contributed by atoms with E-state index in [4.69, 9.17) is 16.3 Å². The van der Waals surface area contributed by atoms with Crippen LogP contribution < -0.4 is 10.3 Å². The highest BCUT2D eigenvalue weighted by atomic mass is 35.5. The second-order valence-corrected chi connectivity index (χ2v) is 5.27. The van der Waals surface area contributed by atoms with E-state index in [1.807, 2.05) is 54.7 Å². The molecule has 2 aromatic carbocycles. The van der Waals surface area contributed by atoms with Crippen LogP contribution in [-0.4, -0.2) is 11.7 Å². The molecule has 0 saturated carbocycles. The second kappa shape index (κ2) is 6.08. The van der Waals surface area contributed by atoms with E-state index in [1.54, 1.807) is 23.8 Å². The molecule has 3 aromatic rings. The van der Waals surface area contributed by atoms with Crippen LogP contribution in [0.5, 0.6) is 5.75 Å². The lowest BCUT2D eigenvalue weighted by Gasteiger charge is -2.10. The summed E-state index contributed by atoms with van der Waals surface area (Å²) in [5, 5.41) is 0.664. The zero-order valence-corrected chi connectivity index (χ0v) is 12.7. The summed E-state index contributed by atoms with van der Waals surface area (Å²) in [5.74, 6) is 0.706. The molecule has 22 heavy (non-hydrogen) atoms. The first-order valence-electron chi connectivity index (χ1n) is 6.80. The average molecular weight is 312 g/mol. The third kappa shape index (κ3) is 2.90. The van der Waals surface area contributed by atoms with Gasteiger partial charge in [0.05, 0.1) is 12.8 Å². The van der Waals surface area contributed by atoms with Gasteiger partial charge in [0.2, 0.25) is 0 Å². The molecular weight excluding hydrogens is 298 g/mol. The highest BCUT2D eigenvalue weighted by Crippen LogP contribution is 2.23. The first-order valence-corrected chi connectivity index (χ1v) is 7.18. The van der Waals surface area contributed by atoms with Crippen LogP contribution in [0.15, 0.2) is 71.7 Å². The number of halogens is 1. The van der Waals surface area contributed by atoms with E-state index in [9.17, 15) is 4.79 Å². The SMILES string of the molecule is COc1cccc(-n2cc(-c3cccc(Cl)c3)ccc2=O)c1. The number of aromatic nitrogens is 1. The largest absolute Gasteiger partial charge is 0.497 e. The quantitative estimate of drug-likeness (QED) is 0.727. The summed E-state index contributed by atoms with van der Waals surface area (Å²) in [7, 11) is 1.60. The number of ether oxygens (including phenoxy) is 1. The first-order chi connectivity index (χ1) is 10.7. The smallest absolute Gasteiger partial charge is 0.255 e. The molecule has 0 unspecified atom stereocenters. The summed E-state index contributed by atoms with van der Waals surface area (Å²) in [6.07, 6.45) is 1.81. The van der Waals surface area contributed by atoms with Crippen molar-refractivity contribution in [1.82, 2.24) is 4.57 Å². The number of nitrogens with zero attached hydrogens (tertiary/aromatic N) is 1. The maximum Gasteiger partial charge on any atom is 0.255 e. The molecule has 0 saturated heterocycles. The fourth-order valence-corrected chi connectivity index (χ4v) is 2.48. The van der Waals surface area contributed by atoms with E-state index in [-0.39, 0.29) is 5.56 Å². The molecular formula is C18H14ClNO2. The van der Waals surface area contributed by atoms with Crippen molar-refractivity contribution in [2.24, 2.45) is 0 Å². The Bertz CT molecular complexity index is 871. The lowest BCUT2D eigenvalue weighted by atomic mass is 10.1. The maximum absolute atomic E-state index is 12.2. The molecule has 3 nitrogen and oxygen atoms in total. The minimum absolute atomic E-state index is 0.0981. The van der Waals surface area contributed by atoms with E-state index in [0.29, 0.717) is 10.8 Å². The number of methoxy groups -OCH3 is 1. The lowest BCUT2D eigenvalue weighted by Crippen LogP contribution is -2.16. The van der Waals surface area contributed by atoms with Crippen molar-refractivity contribution in [2.75, 3.05) is 7.11 Å². The zero-order valence-electron chi connectivity index (χ0n) is 12.0. The predicted octanol–water partition coefficient (Wildman–Crippen LogP) is 4.17. The van der Waals surface area contributed by atoms with Crippen molar-refractivity contribution in [3.63, 3.8) is 0 Å². The highest BCUT2D eigenvalue weighted by molar-refractivity contribution is 6.30. The fourth-order valence-electron chi connectivity index (χ4n) is 2.29. The van der Waals surface area contributed by atoms with Crippen molar-refractivity contribution in [2.45, 2.75) is 0 Å². The molecule has 0 radical (unpaired) electrons. The standard InChI is InChI=1S/C18H14ClNO2/c1-22-17-7-3-6-16(11-17)20-12-14(8-9-18(20)21)13-4-2-5-15(19)10-13/h2-12H,1H3. The minimum atomic E-state index is -0.0981. The molecule has 1 aromatic heterocycles. The highest BCUT2D eigenvalue weighted by Gasteiger charge is 2.05. The van der Waals surface area contributed by atoms with Gasteiger partial charge in [0.15, 0.2) is 0 Å². The predicted molar refractivity (Wildman–Crippen MR) is 89.0 cm³/mol. The van der Waals surface area contributed by atoms with Gasteiger partial charge in [-0.1, -0.05) is 29.8 Å². The van der Waals surface area contributed by atoms with E-state index < -0.39 is 0 Å². The number of hydrogen-bond acceptors (Lipinski definition) is 2. The number of hydrogen-bond donors (Lipinski definition) is 0. The Kier molecular flexibility index (Phi) is 3.98. The Morgan fingerprint density at radius 2 is 1.77 bits per heavy atom. The first kappa shape index (κ1) is 14.4.